The summed E-state index contributed by atoms with van der Waals surface area (Å²) < 4.78 is 20.8. The van der Waals surface area contributed by atoms with E-state index in [0.29, 0.717) is 23.7 Å². The first kappa shape index (κ1) is 14.1. The van der Waals surface area contributed by atoms with Gasteiger partial charge in [0.25, 0.3) is 0 Å². The average Bonchev–Trinajstić information content (AvgIpc) is 3.04. The highest BCUT2D eigenvalue weighted by molar-refractivity contribution is 6.10. The second-order valence-corrected chi connectivity index (χ2v) is 5.74. The smallest absolute Gasteiger partial charge is 0.321 e. The minimum Gasteiger partial charge on any atom is -0.421 e. The highest BCUT2D eigenvalue weighted by Gasteiger charge is 2.27. The van der Waals surface area contributed by atoms with E-state index in [4.69, 9.17) is 4.74 Å². The van der Waals surface area contributed by atoms with Crippen LogP contribution in [0, 0.1) is 5.82 Å². The zero-order valence-corrected chi connectivity index (χ0v) is 12.6. The lowest BCUT2D eigenvalue weighted by Crippen LogP contribution is -2.13. The molecule has 1 saturated carbocycles. The predicted octanol–water partition coefficient (Wildman–Crippen LogP) is 4.03. The van der Waals surface area contributed by atoms with Crippen molar-refractivity contribution in [1.29, 1.82) is 0 Å². The van der Waals surface area contributed by atoms with Crippen LogP contribution in [-0.4, -0.2) is 22.2 Å². The first-order valence-electron chi connectivity index (χ1n) is 7.81. The number of hydrogen-bond acceptors (Lipinski definition) is 4. The molecule has 0 amide bonds. The van der Waals surface area contributed by atoms with E-state index < -0.39 is 0 Å². The highest BCUT2D eigenvalue weighted by Crippen LogP contribution is 2.43. The average molecular weight is 309 g/mol. The van der Waals surface area contributed by atoms with Crippen molar-refractivity contribution in [2.45, 2.75) is 25.2 Å². The summed E-state index contributed by atoms with van der Waals surface area (Å²) in [4.78, 5) is 12.4. The fraction of sp³-hybridized carbons (Fsp3) is 0.278. The van der Waals surface area contributed by atoms with Crippen LogP contribution in [0.25, 0.3) is 0 Å². The van der Waals surface area contributed by atoms with Crippen molar-refractivity contribution in [3.63, 3.8) is 0 Å². The Kier molecular flexibility index (Phi) is 3.61. The molecule has 1 aliphatic heterocycles. The molecule has 0 saturated heterocycles. The summed E-state index contributed by atoms with van der Waals surface area (Å²) in [5, 5.41) is 0. The number of benzene rings is 1. The van der Waals surface area contributed by atoms with Crippen LogP contribution in [0.3, 0.4) is 0 Å². The summed E-state index contributed by atoms with van der Waals surface area (Å²) in [6.45, 7) is 0.594. The van der Waals surface area contributed by atoms with Gasteiger partial charge in [0.15, 0.2) is 11.6 Å². The van der Waals surface area contributed by atoms with Crippen molar-refractivity contribution in [3.05, 3.63) is 59.7 Å². The third-order valence-electron chi connectivity index (χ3n) is 4.33. The molecule has 23 heavy (non-hydrogen) atoms. The standard InChI is InChI=1S/C18H16FN3O/c19-16-14(15-6-2-9-20-15)8-7-13(12-4-1-5-12)17(16)23-18-21-10-3-11-22-18/h2-3,6-8,10-12H,1,4-5,9H2. The summed E-state index contributed by atoms with van der Waals surface area (Å²) in [6.07, 6.45) is 10.2. The number of aliphatic imine (C=N–C) groups is 1. The number of nitrogens with zero attached hydrogens (tertiary/aromatic N) is 3. The molecule has 0 N–H and O–H groups in total. The molecular weight excluding hydrogens is 293 g/mol. The van der Waals surface area contributed by atoms with Crippen molar-refractivity contribution in [3.8, 4) is 11.8 Å². The Hall–Kier alpha value is -2.56. The third kappa shape index (κ3) is 2.63. The molecule has 2 aromatic rings. The number of ether oxygens (including phenoxy) is 1. The van der Waals surface area contributed by atoms with Gasteiger partial charge in [0, 0.05) is 23.5 Å². The van der Waals surface area contributed by atoms with Crippen LogP contribution in [0.4, 0.5) is 4.39 Å². The van der Waals surface area contributed by atoms with Crippen LogP contribution >= 0.6 is 0 Å². The molecule has 0 radical (unpaired) electrons. The van der Waals surface area contributed by atoms with Gasteiger partial charge in [-0.25, -0.2) is 14.4 Å². The Balaban J connectivity index is 1.78. The molecule has 0 bridgehead atoms. The molecule has 5 heteroatoms. The van der Waals surface area contributed by atoms with Crippen molar-refractivity contribution in [1.82, 2.24) is 9.97 Å². The first-order valence-corrected chi connectivity index (χ1v) is 7.81. The van der Waals surface area contributed by atoms with Gasteiger partial charge < -0.3 is 4.74 Å². The van der Waals surface area contributed by atoms with Crippen molar-refractivity contribution in [2.24, 2.45) is 4.99 Å². The maximum absolute atomic E-state index is 15.1. The van der Waals surface area contributed by atoms with E-state index in [1.54, 1.807) is 24.5 Å². The first-order chi connectivity index (χ1) is 11.3. The maximum atomic E-state index is 15.1. The number of rotatable bonds is 4. The molecule has 1 aromatic carbocycles. The predicted molar refractivity (Wildman–Crippen MR) is 85.6 cm³/mol. The molecule has 1 aromatic heterocycles. The van der Waals surface area contributed by atoms with E-state index in [-0.39, 0.29) is 17.6 Å². The number of hydrogen-bond donors (Lipinski definition) is 0. The van der Waals surface area contributed by atoms with Gasteiger partial charge in [-0.05, 0) is 37.0 Å². The van der Waals surface area contributed by atoms with Crippen LogP contribution in [0.15, 0.2) is 47.7 Å². The summed E-state index contributed by atoms with van der Waals surface area (Å²) in [6, 6.07) is 5.61. The van der Waals surface area contributed by atoms with Gasteiger partial charge >= 0.3 is 6.01 Å². The van der Waals surface area contributed by atoms with Gasteiger partial charge in [0.05, 0.1) is 12.3 Å². The van der Waals surface area contributed by atoms with Gasteiger partial charge in [-0.1, -0.05) is 18.6 Å². The van der Waals surface area contributed by atoms with Crippen LogP contribution in [0.1, 0.15) is 36.3 Å². The molecule has 4 nitrogen and oxygen atoms in total. The molecule has 2 aliphatic rings. The second kappa shape index (κ2) is 5.91. The largest absolute Gasteiger partial charge is 0.421 e. The summed E-state index contributed by atoms with van der Waals surface area (Å²) in [5.41, 5.74) is 2.02. The topological polar surface area (TPSA) is 47.4 Å². The monoisotopic (exact) mass is 309 g/mol. The summed E-state index contributed by atoms with van der Waals surface area (Å²) >= 11 is 0. The van der Waals surface area contributed by atoms with Crippen LogP contribution < -0.4 is 4.74 Å². The van der Waals surface area contributed by atoms with E-state index in [9.17, 15) is 0 Å². The molecule has 116 valence electrons. The molecule has 1 fully saturated rings. The fourth-order valence-corrected chi connectivity index (χ4v) is 2.89. The van der Waals surface area contributed by atoms with Crippen LogP contribution in [0.5, 0.6) is 11.8 Å². The maximum Gasteiger partial charge on any atom is 0.321 e. The Labute approximate surface area is 133 Å². The lowest BCUT2D eigenvalue weighted by atomic mass is 9.79. The Morgan fingerprint density at radius 1 is 1.13 bits per heavy atom. The van der Waals surface area contributed by atoms with Gasteiger partial charge in [-0.2, -0.15) is 0 Å². The Morgan fingerprint density at radius 3 is 2.61 bits per heavy atom. The lowest BCUT2D eigenvalue weighted by Gasteiger charge is -2.28. The number of aromatic nitrogens is 2. The Morgan fingerprint density at radius 2 is 1.96 bits per heavy atom. The zero-order chi connectivity index (χ0) is 15.6. The quantitative estimate of drug-likeness (QED) is 0.856. The minimum absolute atomic E-state index is 0.160. The van der Waals surface area contributed by atoms with Crippen molar-refractivity contribution >= 4 is 5.71 Å². The highest BCUT2D eigenvalue weighted by atomic mass is 19.1. The van der Waals surface area contributed by atoms with E-state index in [1.165, 1.54) is 6.42 Å². The van der Waals surface area contributed by atoms with Gasteiger partial charge in [-0.15, -0.1) is 0 Å². The van der Waals surface area contributed by atoms with E-state index >= 15 is 4.39 Å². The molecule has 4 rings (SSSR count). The van der Waals surface area contributed by atoms with Crippen molar-refractivity contribution in [2.75, 3.05) is 6.54 Å². The molecule has 1 aliphatic carbocycles. The molecule has 0 atom stereocenters. The van der Waals surface area contributed by atoms with E-state index in [2.05, 4.69) is 15.0 Å². The lowest BCUT2D eigenvalue weighted by molar-refractivity contribution is 0.370. The SMILES string of the molecule is Fc1c(C2=NCC=C2)ccc(C2CCC2)c1Oc1ncccn1. The molecule has 0 spiro atoms. The Bertz CT molecular complexity index is 782. The number of halogens is 1. The van der Waals surface area contributed by atoms with Crippen LogP contribution in [0.2, 0.25) is 0 Å². The fourth-order valence-electron chi connectivity index (χ4n) is 2.89. The number of allylic oxidation sites excluding steroid dienone is 1. The second-order valence-electron chi connectivity index (χ2n) is 5.74. The summed E-state index contributed by atoms with van der Waals surface area (Å²) in [7, 11) is 0. The minimum atomic E-state index is -0.382. The van der Waals surface area contributed by atoms with Gasteiger partial charge in [0.1, 0.15) is 0 Å². The van der Waals surface area contributed by atoms with Gasteiger partial charge in [-0.3, -0.25) is 4.99 Å². The summed E-state index contributed by atoms with van der Waals surface area (Å²) in [5.74, 6) is 0.201. The van der Waals surface area contributed by atoms with Crippen LogP contribution in [-0.2, 0) is 0 Å². The molecule has 2 heterocycles. The van der Waals surface area contributed by atoms with E-state index in [1.807, 2.05) is 18.2 Å². The molecule has 0 unspecified atom stereocenters. The zero-order valence-electron chi connectivity index (χ0n) is 12.6. The van der Waals surface area contributed by atoms with Gasteiger partial charge in [0.2, 0.25) is 0 Å². The van der Waals surface area contributed by atoms with Crippen molar-refractivity contribution < 1.29 is 9.13 Å². The molecular formula is C18H16FN3O. The van der Waals surface area contributed by atoms with E-state index in [0.717, 1.165) is 18.4 Å². The normalized spacial score (nSPS) is 17.0. The third-order valence-corrected chi connectivity index (χ3v) is 4.33.